The van der Waals surface area contributed by atoms with Crippen LogP contribution >= 0.6 is 0 Å². The van der Waals surface area contributed by atoms with E-state index in [0.29, 0.717) is 11.1 Å². The fourth-order valence-electron chi connectivity index (χ4n) is 1.33. The first-order chi connectivity index (χ1) is 8.91. The first-order valence-corrected chi connectivity index (χ1v) is 5.30. The highest BCUT2D eigenvalue weighted by molar-refractivity contribution is 6.21. The number of hydrogen-bond acceptors (Lipinski definition) is 4. The summed E-state index contributed by atoms with van der Waals surface area (Å²) >= 11 is 0. The third kappa shape index (κ3) is 4.23. The second-order valence-corrected chi connectivity index (χ2v) is 3.62. The van der Waals surface area contributed by atoms with E-state index in [1.54, 1.807) is 24.3 Å². The lowest BCUT2D eigenvalue weighted by atomic mass is 10.1. The van der Waals surface area contributed by atoms with Crippen LogP contribution in [-0.2, 0) is 9.59 Å². The molecule has 0 spiro atoms. The van der Waals surface area contributed by atoms with Gasteiger partial charge >= 0.3 is 11.9 Å². The summed E-state index contributed by atoms with van der Waals surface area (Å²) in [6.07, 6.45) is -0.593. The second kappa shape index (κ2) is 6.29. The number of rotatable bonds is 3. The molecule has 0 unspecified atom stereocenters. The Bertz CT molecular complexity index is 490. The molecule has 0 fully saturated rings. The third-order valence-corrected chi connectivity index (χ3v) is 2.20. The Morgan fingerprint density at radius 3 is 1.58 bits per heavy atom. The van der Waals surface area contributed by atoms with Crippen molar-refractivity contribution in [2.45, 2.75) is 12.8 Å². The summed E-state index contributed by atoms with van der Waals surface area (Å²) in [6.45, 7) is 0. The zero-order valence-electron chi connectivity index (χ0n) is 9.75. The molecular weight excluding hydrogens is 254 g/mol. The summed E-state index contributed by atoms with van der Waals surface area (Å²) in [6, 6.07) is 6.74. The van der Waals surface area contributed by atoms with E-state index in [2.05, 4.69) is 5.32 Å². The summed E-state index contributed by atoms with van der Waals surface area (Å²) in [7, 11) is 0. The van der Waals surface area contributed by atoms with Gasteiger partial charge in [0.1, 0.15) is 0 Å². The van der Waals surface area contributed by atoms with Gasteiger partial charge in [0.05, 0.1) is 24.0 Å². The Hall–Kier alpha value is -2.70. The average Bonchev–Trinajstić information content (AvgIpc) is 2.64. The Morgan fingerprint density at radius 2 is 1.26 bits per heavy atom. The predicted octanol–water partition coefficient (Wildman–Crippen LogP) is 0.506. The van der Waals surface area contributed by atoms with Crippen molar-refractivity contribution in [3.63, 3.8) is 0 Å². The van der Waals surface area contributed by atoms with E-state index < -0.39 is 11.9 Å². The van der Waals surface area contributed by atoms with E-state index in [4.69, 9.17) is 10.2 Å². The Balaban J connectivity index is 0.000000203. The molecule has 7 heteroatoms. The van der Waals surface area contributed by atoms with Crippen LogP contribution in [0.15, 0.2) is 24.3 Å². The fourth-order valence-corrected chi connectivity index (χ4v) is 1.33. The van der Waals surface area contributed by atoms with Crippen molar-refractivity contribution in [2.24, 2.45) is 0 Å². The molecule has 1 aromatic carbocycles. The first kappa shape index (κ1) is 14.4. The molecule has 1 aliphatic heterocycles. The van der Waals surface area contributed by atoms with Gasteiger partial charge in [0.2, 0.25) is 0 Å². The van der Waals surface area contributed by atoms with Crippen LogP contribution in [0.4, 0.5) is 0 Å². The quantitative estimate of drug-likeness (QED) is 0.684. The Labute approximate surface area is 107 Å². The van der Waals surface area contributed by atoms with Crippen LogP contribution in [0.2, 0.25) is 0 Å². The van der Waals surface area contributed by atoms with Crippen molar-refractivity contribution in [2.75, 3.05) is 0 Å². The topological polar surface area (TPSA) is 121 Å². The maximum Gasteiger partial charge on any atom is 0.303 e. The van der Waals surface area contributed by atoms with E-state index in [-0.39, 0.29) is 24.7 Å². The Kier molecular flexibility index (Phi) is 4.76. The number of carbonyl (C=O) groups excluding carboxylic acids is 2. The lowest BCUT2D eigenvalue weighted by Gasteiger charge is -1.88. The highest BCUT2D eigenvalue weighted by atomic mass is 16.4. The number of hydrogen-bond donors (Lipinski definition) is 3. The van der Waals surface area contributed by atoms with Crippen molar-refractivity contribution in [1.82, 2.24) is 5.32 Å². The van der Waals surface area contributed by atoms with Crippen molar-refractivity contribution >= 4 is 23.8 Å². The lowest BCUT2D eigenvalue weighted by molar-refractivity contribution is -0.143. The van der Waals surface area contributed by atoms with Gasteiger partial charge in [-0.1, -0.05) is 12.1 Å². The van der Waals surface area contributed by atoms with Gasteiger partial charge in [-0.2, -0.15) is 0 Å². The molecule has 2 amide bonds. The molecule has 2 rings (SSSR count). The van der Waals surface area contributed by atoms with Gasteiger partial charge in [0.25, 0.3) is 11.8 Å². The molecule has 0 saturated heterocycles. The largest absolute Gasteiger partial charge is 0.481 e. The van der Waals surface area contributed by atoms with E-state index in [0.717, 1.165) is 0 Å². The number of amides is 2. The molecule has 0 saturated carbocycles. The van der Waals surface area contributed by atoms with Crippen molar-refractivity contribution in [3.8, 4) is 0 Å². The third-order valence-electron chi connectivity index (χ3n) is 2.20. The number of carbonyl (C=O) groups is 4. The number of imide groups is 1. The molecular formula is C12H11NO6. The number of carboxylic acid groups (broad SMARTS) is 2. The average molecular weight is 265 g/mol. The number of fused-ring (bicyclic) bond motifs is 1. The van der Waals surface area contributed by atoms with Crippen LogP contribution in [-0.4, -0.2) is 34.0 Å². The monoisotopic (exact) mass is 265 g/mol. The van der Waals surface area contributed by atoms with Gasteiger partial charge < -0.3 is 10.2 Å². The minimum Gasteiger partial charge on any atom is -0.481 e. The summed E-state index contributed by atoms with van der Waals surface area (Å²) in [5, 5.41) is 18.0. The van der Waals surface area contributed by atoms with Crippen LogP contribution < -0.4 is 5.32 Å². The first-order valence-electron chi connectivity index (χ1n) is 5.30. The van der Waals surface area contributed by atoms with Gasteiger partial charge in [-0.15, -0.1) is 0 Å². The maximum absolute atomic E-state index is 10.9. The van der Waals surface area contributed by atoms with Crippen molar-refractivity contribution in [1.29, 1.82) is 0 Å². The van der Waals surface area contributed by atoms with Gasteiger partial charge in [-0.05, 0) is 12.1 Å². The number of nitrogens with one attached hydrogen (secondary N) is 1. The molecule has 1 heterocycles. The fraction of sp³-hybridized carbons (Fsp3) is 0.167. The molecule has 1 aromatic rings. The van der Waals surface area contributed by atoms with Crippen molar-refractivity contribution in [3.05, 3.63) is 35.4 Å². The molecule has 1 aliphatic rings. The molecule has 0 aliphatic carbocycles. The maximum atomic E-state index is 10.9. The zero-order chi connectivity index (χ0) is 14.4. The van der Waals surface area contributed by atoms with Gasteiger partial charge in [-0.25, -0.2) is 0 Å². The minimum absolute atomic E-state index is 0.296. The highest BCUT2D eigenvalue weighted by Gasteiger charge is 2.25. The second-order valence-electron chi connectivity index (χ2n) is 3.62. The van der Waals surface area contributed by atoms with E-state index >= 15 is 0 Å². The molecule has 0 aromatic heterocycles. The van der Waals surface area contributed by atoms with Crippen molar-refractivity contribution < 1.29 is 29.4 Å². The summed E-state index contributed by atoms with van der Waals surface area (Å²) in [5.41, 5.74) is 0.940. The van der Waals surface area contributed by atoms with E-state index in [9.17, 15) is 19.2 Å². The smallest absolute Gasteiger partial charge is 0.303 e. The predicted molar refractivity (Wildman–Crippen MR) is 62.7 cm³/mol. The zero-order valence-corrected chi connectivity index (χ0v) is 9.75. The number of benzene rings is 1. The number of aliphatic carboxylic acids is 2. The van der Waals surface area contributed by atoms with Gasteiger partial charge in [-0.3, -0.25) is 24.5 Å². The normalized spacial score (nSPS) is 12.0. The Morgan fingerprint density at radius 1 is 0.895 bits per heavy atom. The molecule has 0 radical (unpaired) electrons. The molecule has 19 heavy (non-hydrogen) atoms. The molecule has 100 valence electrons. The van der Waals surface area contributed by atoms with E-state index in [1.165, 1.54) is 0 Å². The summed E-state index contributed by atoms with van der Waals surface area (Å²) in [4.78, 5) is 41.2. The van der Waals surface area contributed by atoms with Crippen LogP contribution in [0.25, 0.3) is 0 Å². The standard InChI is InChI=1S/C8H5NO2.C4H6O4/c10-7-5-3-1-2-4-6(5)8(11)9-7;5-3(6)1-2-4(7)8/h1-4H,(H,9,10,11);1-2H2,(H,5,6)(H,7,8). The van der Waals surface area contributed by atoms with Gasteiger partial charge in [0, 0.05) is 0 Å². The SMILES string of the molecule is O=C(O)CCC(=O)O.O=C1NC(=O)c2ccccc21. The van der Waals surface area contributed by atoms with E-state index in [1.807, 2.05) is 0 Å². The van der Waals surface area contributed by atoms with Crippen LogP contribution in [0, 0.1) is 0 Å². The number of carboxylic acids is 2. The van der Waals surface area contributed by atoms with Crippen LogP contribution in [0.5, 0.6) is 0 Å². The van der Waals surface area contributed by atoms with Gasteiger partial charge in [0.15, 0.2) is 0 Å². The minimum atomic E-state index is -1.08. The summed E-state index contributed by atoms with van der Waals surface area (Å²) in [5.74, 6) is -2.75. The van der Waals surface area contributed by atoms with Crippen LogP contribution in [0.3, 0.4) is 0 Å². The lowest BCUT2D eigenvalue weighted by Crippen LogP contribution is -2.19. The molecule has 7 nitrogen and oxygen atoms in total. The molecule has 0 bridgehead atoms. The molecule has 0 atom stereocenters. The molecule has 3 N–H and O–H groups in total. The summed E-state index contributed by atoms with van der Waals surface area (Å²) < 4.78 is 0. The highest BCUT2D eigenvalue weighted by Crippen LogP contribution is 2.13. The van der Waals surface area contributed by atoms with Crippen LogP contribution in [0.1, 0.15) is 33.6 Å².